The monoisotopic (exact) mass is 614 g/mol. The highest BCUT2D eigenvalue weighted by molar-refractivity contribution is 5.99. The average molecular weight is 615 g/mol. The molecular formula is C35H46N6O4. The number of piperazine rings is 1. The van der Waals surface area contributed by atoms with Crippen LogP contribution in [0.2, 0.25) is 0 Å². The molecule has 0 saturated carbocycles. The van der Waals surface area contributed by atoms with E-state index in [1.54, 1.807) is 4.90 Å². The third-order valence-corrected chi connectivity index (χ3v) is 8.51. The van der Waals surface area contributed by atoms with E-state index in [4.69, 9.17) is 9.72 Å². The second-order valence-electron chi connectivity index (χ2n) is 13.3. The molecule has 0 atom stereocenters. The molecule has 2 aliphatic rings. The van der Waals surface area contributed by atoms with E-state index in [9.17, 15) is 14.4 Å². The second-order valence-corrected chi connectivity index (χ2v) is 13.3. The average Bonchev–Trinajstić information content (AvgIpc) is 3.42. The van der Waals surface area contributed by atoms with Crippen molar-refractivity contribution in [1.82, 2.24) is 20.2 Å². The number of rotatable bonds is 7. The van der Waals surface area contributed by atoms with Gasteiger partial charge in [0.25, 0.3) is 11.5 Å². The van der Waals surface area contributed by atoms with Crippen LogP contribution in [0.1, 0.15) is 80.2 Å². The molecule has 0 spiro atoms. The van der Waals surface area contributed by atoms with Crippen LogP contribution >= 0.6 is 0 Å². The molecule has 2 aliphatic heterocycles. The van der Waals surface area contributed by atoms with Crippen molar-refractivity contribution in [2.45, 2.75) is 73.0 Å². The Bertz CT molecular complexity index is 1610. The van der Waals surface area contributed by atoms with E-state index in [-0.39, 0.29) is 30.0 Å². The summed E-state index contributed by atoms with van der Waals surface area (Å²) < 4.78 is 5.52. The number of benzene rings is 1. The predicted molar refractivity (Wildman–Crippen MR) is 178 cm³/mol. The molecule has 240 valence electrons. The van der Waals surface area contributed by atoms with Gasteiger partial charge in [0, 0.05) is 80.1 Å². The lowest BCUT2D eigenvalue weighted by molar-refractivity contribution is 0.0240. The van der Waals surface area contributed by atoms with Crippen molar-refractivity contribution in [2.24, 2.45) is 0 Å². The summed E-state index contributed by atoms with van der Waals surface area (Å²) in [6.45, 7) is 18.1. The number of likely N-dealkylation sites (N-methyl/N-ethyl adjacent to an activating group) is 1. The van der Waals surface area contributed by atoms with Gasteiger partial charge in [0.1, 0.15) is 11.4 Å². The fourth-order valence-electron chi connectivity index (χ4n) is 6.16. The van der Waals surface area contributed by atoms with Crippen molar-refractivity contribution in [2.75, 3.05) is 49.1 Å². The summed E-state index contributed by atoms with van der Waals surface area (Å²) in [6, 6.07) is 10.1. The van der Waals surface area contributed by atoms with Crippen molar-refractivity contribution < 1.29 is 14.3 Å². The topological polar surface area (TPSA) is 111 Å². The highest BCUT2D eigenvalue weighted by Gasteiger charge is 2.28. The van der Waals surface area contributed by atoms with Crippen LogP contribution < -0.4 is 20.7 Å². The van der Waals surface area contributed by atoms with Gasteiger partial charge in [-0.25, -0.2) is 9.78 Å². The van der Waals surface area contributed by atoms with E-state index in [0.29, 0.717) is 37.3 Å². The summed E-state index contributed by atoms with van der Waals surface area (Å²) in [7, 11) is 0. The van der Waals surface area contributed by atoms with Gasteiger partial charge in [0.15, 0.2) is 0 Å². The molecule has 2 amide bonds. The number of hydrogen-bond acceptors (Lipinski definition) is 7. The summed E-state index contributed by atoms with van der Waals surface area (Å²) in [5.41, 5.74) is 6.26. The Balaban J connectivity index is 1.35. The third kappa shape index (κ3) is 7.16. The lowest BCUT2D eigenvalue weighted by Gasteiger charge is -2.36. The molecule has 0 aliphatic carbocycles. The van der Waals surface area contributed by atoms with Gasteiger partial charge in [0.05, 0.1) is 0 Å². The molecule has 45 heavy (non-hydrogen) atoms. The van der Waals surface area contributed by atoms with Crippen molar-refractivity contribution >= 4 is 23.5 Å². The maximum absolute atomic E-state index is 13.7. The number of ether oxygens (including phenoxy) is 1. The number of H-pyrrole nitrogens is 1. The maximum atomic E-state index is 13.7. The number of nitrogens with one attached hydrogen (secondary N) is 2. The normalized spacial score (nSPS) is 15.0. The SMILES string of the molecule is CCN1CCc2c(C(=O)NCc3c(C(C)C)cc(C)[nH]c3=O)cc(-c3ccc(N4CCN(C(=O)OC(C)(C)C)CC4)nc3)cc21. The minimum absolute atomic E-state index is 0.160. The third-order valence-electron chi connectivity index (χ3n) is 8.51. The predicted octanol–water partition coefficient (Wildman–Crippen LogP) is 5.24. The van der Waals surface area contributed by atoms with Crippen LogP contribution in [0.4, 0.5) is 16.3 Å². The molecule has 0 radical (unpaired) electrons. The number of pyridine rings is 2. The number of nitrogens with zero attached hydrogens (tertiary/aromatic N) is 4. The van der Waals surface area contributed by atoms with Crippen molar-refractivity contribution in [3.05, 3.63) is 74.8 Å². The zero-order valence-corrected chi connectivity index (χ0v) is 27.6. The van der Waals surface area contributed by atoms with Crippen LogP contribution in [0, 0.1) is 6.92 Å². The van der Waals surface area contributed by atoms with Gasteiger partial charge >= 0.3 is 6.09 Å². The lowest BCUT2D eigenvalue weighted by atomic mass is 9.96. The van der Waals surface area contributed by atoms with Crippen molar-refractivity contribution in [3.63, 3.8) is 0 Å². The van der Waals surface area contributed by atoms with E-state index in [0.717, 1.165) is 59.0 Å². The van der Waals surface area contributed by atoms with Crippen LogP contribution in [-0.4, -0.2) is 71.7 Å². The molecular weight excluding hydrogens is 568 g/mol. The molecule has 3 aromatic rings. The quantitative estimate of drug-likeness (QED) is 0.375. The van der Waals surface area contributed by atoms with Crippen LogP contribution in [0.15, 0.2) is 41.3 Å². The Kier molecular flexibility index (Phi) is 9.23. The Labute approximate surface area is 265 Å². The molecule has 2 aromatic heterocycles. The number of fused-ring (bicyclic) bond motifs is 1. The minimum Gasteiger partial charge on any atom is -0.444 e. The first-order chi connectivity index (χ1) is 21.3. The van der Waals surface area contributed by atoms with Crippen molar-refractivity contribution in [3.8, 4) is 11.1 Å². The molecule has 1 aromatic carbocycles. The molecule has 4 heterocycles. The van der Waals surface area contributed by atoms with Crippen LogP contribution in [-0.2, 0) is 17.7 Å². The summed E-state index contributed by atoms with van der Waals surface area (Å²) in [6.07, 6.45) is 2.36. The number of aromatic nitrogens is 2. The number of anilines is 2. The first-order valence-electron chi connectivity index (χ1n) is 16.0. The van der Waals surface area contributed by atoms with Crippen LogP contribution in [0.25, 0.3) is 11.1 Å². The number of carbonyl (C=O) groups is 2. The molecule has 0 bridgehead atoms. The van der Waals surface area contributed by atoms with E-state index < -0.39 is 5.60 Å². The van der Waals surface area contributed by atoms with Gasteiger partial charge < -0.3 is 29.7 Å². The van der Waals surface area contributed by atoms with Gasteiger partial charge in [0.2, 0.25) is 0 Å². The van der Waals surface area contributed by atoms with E-state index in [1.165, 1.54) is 0 Å². The van der Waals surface area contributed by atoms with Gasteiger partial charge in [-0.15, -0.1) is 0 Å². The van der Waals surface area contributed by atoms with Gasteiger partial charge in [-0.1, -0.05) is 13.8 Å². The smallest absolute Gasteiger partial charge is 0.410 e. The molecule has 10 heteroatoms. The summed E-state index contributed by atoms with van der Waals surface area (Å²) in [5, 5.41) is 3.05. The minimum atomic E-state index is -0.518. The van der Waals surface area contributed by atoms with E-state index in [2.05, 4.69) is 46.9 Å². The second kappa shape index (κ2) is 12.9. The highest BCUT2D eigenvalue weighted by atomic mass is 16.6. The molecule has 1 fully saturated rings. The van der Waals surface area contributed by atoms with E-state index in [1.807, 2.05) is 58.2 Å². The zero-order chi connectivity index (χ0) is 32.5. The van der Waals surface area contributed by atoms with E-state index >= 15 is 0 Å². The molecule has 0 unspecified atom stereocenters. The zero-order valence-electron chi connectivity index (χ0n) is 27.6. The summed E-state index contributed by atoms with van der Waals surface area (Å²) in [5.74, 6) is 0.822. The summed E-state index contributed by atoms with van der Waals surface area (Å²) in [4.78, 5) is 52.9. The fourth-order valence-corrected chi connectivity index (χ4v) is 6.16. The Morgan fingerprint density at radius 3 is 2.40 bits per heavy atom. The molecule has 2 N–H and O–H groups in total. The first kappa shape index (κ1) is 32.1. The lowest BCUT2D eigenvalue weighted by Crippen LogP contribution is -2.50. The number of hydrogen-bond donors (Lipinski definition) is 2. The van der Waals surface area contributed by atoms with Crippen molar-refractivity contribution in [1.29, 1.82) is 0 Å². The summed E-state index contributed by atoms with van der Waals surface area (Å²) >= 11 is 0. The number of amides is 2. The molecule has 10 nitrogen and oxygen atoms in total. The standard InChI is InChI=1S/C35H46N6O4/c1-8-39-12-11-26-28(32(42)37-21-29-27(22(2)3)17-23(4)38-33(29)43)18-25(19-30(26)39)24-9-10-31(36-20-24)40-13-15-41(16-14-40)34(44)45-35(5,6)7/h9-10,17-20,22H,8,11-16,21H2,1-7H3,(H,37,42)(H,38,43). The Hall–Kier alpha value is -4.34. The largest absolute Gasteiger partial charge is 0.444 e. The maximum Gasteiger partial charge on any atom is 0.410 e. The number of carbonyl (C=O) groups excluding carboxylic acids is 2. The highest BCUT2D eigenvalue weighted by Crippen LogP contribution is 2.36. The molecule has 5 rings (SSSR count). The first-order valence-corrected chi connectivity index (χ1v) is 16.0. The van der Waals surface area contributed by atoms with Crippen LogP contribution in [0.5, 0.6) is 0 Å². The Morgan fingerprint density at radius 1 is 1.04 bits per heavy atom. The van der Waals surface area contributed by atoms with Crippen LogP contribution in [0.3, 0.4) is 0 Å². The van der Waals surface area contributed by atoms with Gasteiger partial charge in [-0.2, -0.15) is 0 Å². The van der Waals surface area contributed by atoms with Gasteiger partial charge in [-0.3, -0.25) is 9.59 Å². The fraction of sp³-hybridized carbons (Fsp3) is 0.486. The molecule has 1 saturated heterocycles. The number of aromatic amines is 1. The Morgan fingerprint density at radius 2 is 1.78 bits per heavy atom. The number of aryl methyl sites for hydroxylation is 1. The van der Waals surface area contributed by atoms with Gasteiger partial charge in [-0.05, 0) is 94.0 Å².